The number of rotatable bonds is 3. The zero-order valence-corrected chi connectivity index (χ0v) is 14.4. The molecule has 0 spiro atoms. The molecule has 2 rings (SSSR count). The van der Waals surface area contributed by atoms with Gasteiger partial charge in [-0.1, -0.05) is 6.07 Å². The molecule has 1 heterocycles. The van der Waals surface area contributed by atoms with Crippen LogP contribution in [0.3, 0.4) is 0 Å². The second kappa shape index (κ2) is 9.25. The second-order valence-corrected chi connectivity index (χ2v) is 5.36. The molecule has 1 saturated heterocycles. The van der Waals surface area contributed by atoms with Gasteiger partial charge in [0.15, 0.2) is 0 Å². The van der Waals surface area contributed by atoms with Gasteiger partial charge in [-0.15, -0.1) is 24.8 Å². The lowest BCUT2D eigenvalue weighted by Gasteiger charge is -2.35. The molecule has 11 heteroatoms. The van der Waals surface area contributed by atoms with Gasteiger partial charge >= 0.3 is 12.4 Å². The van der Waals surface area contributed by atoms with Crippen molar-refractivity contribution in [2.45, 2.75) is 24.8 Å². The second-order valence-electron chi connectivity index (χ2n) is 5.36. The monoisotopic (exact) mass is 416 g/mol. The minimum absolute atomic E-state index is 0. The number of benzene rings is 1. The summed E-state index contributed by atoms with van der Waals surface area (Å²) in [6.07, 6.45) is -10.6. The summed E-state index contributed by atoms with van der Waals surface area (Å²) in [7, 11) is 0. The van der Waals surface area contributed by atoms with E-state index in [2.05, 4.69) is 5.32 Å². The Labute approximate surface area is 152 Å². The molecule has 0 unspecified atom stereocenters. The lowest BCUT2D eigenvalue weighted by atomic mass is 9.99. The number of hydrogen-bond acceptors (Lipinski definition) is 2. The van der Waals surface area contributed by atoms with E-state index >= 15 is 0 Å². The Morgan fingerprint density at radius 3 is 2.00 bits per heavy atom. The fraction of sp³-hybridized carbons (Fsp3) is 0.571. The highest BCUT2D eigenvalue weighted by Crippen LogP contribution is 2.37. The van der Waals surface area contributed by atoms with Crippen molar-refractivity contribution < 1.29 is 30.7 Å². The van der Waals surface area contributed by atoms with Crippen molar-refractivity contribution in [3.05, 3.63) is 35.1 Å². The minimum Gasteiger partial charge on any atom is -0.314 e. The fourth-order valence-corrected chi connectivity index (χ4v) is 2.64. The van der Waals surface area contributed by atoms with E-state index in [-0.39, 0.29) is 30.4 Å². The third-order valence-corrected chi connectivity index (χ3v) is 3.70. The Kier molecular flexibility index (Phi) is 8.96. The van der Waals surface area contributed by atoms with Crippen LogP contribution in [0.5, 0.6) is 0 Å². The van der Waals surface area contributed by atoms with Gasteiger partial charge in [0.2, 0.25) is 0 Å². The Morgan fingerprint density at radius 1 is 1.00 bits per heavy atom. The van der Waals surface area contributed by atoms with Crippen molar-refractivity contribution in [3.63, 3.8) is 0 Å². The van der Waals surface area contributed by atoms with Gasteiger partial charge in [-0.3, -0.25) is 4.90 Å². The third kappa shape index (κ3) is 6.80. The first-order valence-corrected chi connectivity index (χ1v) is 6.96. The molecule has 1 N–H and O–H groups in total. The van der Waals surface area contributed by atoms with Crippen LogP contribution in [-0.4, -0.2) is 37.3 Å². The van der Waals surface area contributed by atoms with Crippen molar-refractivity contribution in [2.24, 2.45) is 0 Å². The van der Waals surface area contributed by atoms with Gasteiger partial charge < -0.3 is 5.32 Å². The summed E-state index contributed by atoms with van der Waals surface area (Å²) >= 11 is 0. The van der Waals surface area contributed by atoms with Crippen LogP contribution in [0.2, 0.25) is 0 Å². The van der Waals surface area contributed by atoms with Gasteiger partial charge in [0.25, 0.3) is 0 Å². The summed E-state index contributed by atoms with van der Waals surface area (Å²) in [5.74, 6) is -1.56. The molecule has 0 bridgehead atoms. The molecule has 0 radical (unpaired) electrons. The van der Waals surface area contributed by atoms with Crippen molar-refractivity contribution >= 4 is 24.8 Å². The first-order valence-electron chi connectivity index (χ1n) is 6.96. The van der Waals surface area contributed by atoms with Crippen molar-refractivity contribution in [2.75, 3.05) is 26.2 Å². The number of nitrogens with zero attached hydrogens (tertiary/aromatic N) is 1. The highest BCUT2D eigenvalue weighted by Gasteiger charge is 2.38. The molecule has 0 aromatic heterocycles. The van der Waals surface area contributed by atoms with Crippen LogP contribution in [-0.2, 0) is 6.18 Å². The molecule has 1 atom stereocenters. The number of piperazine rings is 1. The van der Waals surface area contributed by atoms with Crippen LogP contribution in [0.25, 0.3) is 0 Å². The predicted octanol–water partition coefficient (Wildman–Crippen LogP) is 4.59. The van der Waals surface area contributed by atoms with Gasteiger partial charge in [0.1, 0.15) is 5.82 Å². The number of halogens is 9. The van der Waals surface area contributed by atoms with Crippen molar-refractivity contribution in [1.29, 1.82) is 0 Å². The number of nitrogens with one attached hydrogen (secondary N) is 1. The molecular formula is C14H17Cl2F7N2. The summed E-state index contributed by atoms with van der Waals surface area (Å²) in [6.45, 7) is 1.56. The first kappa shape index (κ1) is 24.2. The van der Waals surface area contributed by atoms with E-state index in [1.807, 2.05) is 0 Å². The van der Waals surface area contributed by atoms with Crippen LogP contribution in [0.15, 0.2) is 18.2 Å². The summed E-state index contributed by atoms with van der Waals surface area (Å²) in [4.78, 5) is 1.51. The van der Waals surface area contributed by atoms with E-state index in [1.165, 1.54) is 4.90 Å². The summed E-state index contributed by atoms with van der Waals surface area (Å²) in [6, 6.07) is 0.774. The molecule has 1 fully saturated rings. The van der Waals surface area contributed by atoms with Crippen LogP contribution in [0.4, 0.5) is 30.7 Å². The first-order chi connectivity index (χ1) is 10.6. The van der Waals surface area contributed by atoms with E-state index in [4.69, 9.17) is 0 Å². The molecule has 25 heavy (non-hydrogen) atoms. The normalized spacial score (nSPS) is 17.4. The highest BCUT2D eigenvalue weighted by atomic mass is 35.5. The standard InChI is InChI=1S/C14H15F7N2.2ClH/c15-11-7-9(1-2-10(11)14(19,20)21)12(8-13(16,17)18)23-5-3-22-4-6-23;;/h1-2,7,12,22H,3-6,8H2;2*1H/t12-;;/m1../s1. The molecule has 2 nitrogen and oxygen atoms in total. The lowest BCUT2D eigenvalue weighted by Crippen LogP contribution is -2.46. The smallest absolute Gasteiger partial charge is 0.314 e. The SMILES string of the molecule is Cl.Cl.Fc1cc([C@@H](CC(F)(F)F)N2CCNCC2)ccc1C(F)(F)F. The van der Waals surface area contributed by atoms with E-state index in [0.717, 1.165) is 6.07 Å². The average molecular weight is 417 g/mol. The van der Waals surface area contributed by atoms with E-state index < -0.39 is 36.2 Å². The topological polar surface area (TPSA) is 15.3 Å². The summed E-state index contributed by atoms with van der Waals surface area (Å²) < 4.78 is 89.8. The number of hydrogen-bond donors (Lipinski definition) is 1. The maximum atomic E-state index is 13.7. The Bertz CT molecular complexity index is 543. The average Bonchev–Trinajstić information content (AvgIpc) is 2.43. The predicted molar refractivity (Wildman–Crippen MR) is 83.8 cm³/mol. The fourth-order valence-electron chi connectivity index (χ4n) is 2.64. The molecule has 1 aromatic rings. The Hall–Kier alpha value is -0.770. The summed E-state index contributed by atoms with van der Waals surface area (Å²) in [5, 5.41) is 2.98. The Morgan fingerprint density at radius 2 is 1.56 bits per heavy atom. The van der Waals surface area contributed by atoms with Gasteiger partial charge in [-0.25, -0.2) is 4.39 Å². The van der Waals surface area contributed by atoms with Gasteiger partial charge in [0.05, 0.1) is 12.0 Å². The van der Waals surface area contributed by atoms with Gasteiger partial charge in [-0.2, -0.15) is 26.3 Å². The molecule has 146 valence electrons. The Balaban J connectivity index is 0.00000288. The molecule has 0 aliphatic carbocycles. The zero-order chi connectivity index (χ0) is 17.3. The van der Waals surface area contributed by atoms with Crippen LogP contribution < -0.4 is 5.32 Å². The summed E-state index contributed by atoms with van der Waals surface area (Å²) in [5.41, 5.74) is -1.58. The van der Waals surface area contributed by atoms with Crippen molar-refractivity contribution in [1.82, 2.24) is 10.2 Å². The van der Waals surface area contributed by atoms with Crippen LogP contribution in [0, 0.1) is 5.82 Å². The van der Waals surface area contributed by atoms with Crippen LogP contribution >= 0.6 is 24.8 Å². The molecule has 0 saturated carbocycles. The molecule has 1 aromatic carbocycles. The lowest BCUT2D eigenvalue weighted by molar-refractivity contribution is -0.149. The molecular weight excluding hydrogens is 400 g/mol. The number of alkyl halides is 6. The van der Waals surface area contributed by atoms with Crippen molar-refractivity contribution in [3.8, 4) is 0 Å². The molecule has 0 amide bonds. The maximum Gasteiger partial charge on any atom is 0.419 e. The van der Waals surface area contributed by atoms with Gasteiger partial charge in [0, 0.05) is 32.2 Å². The highest BCUT2D eigenvalue weighted by molar-refractivity contribution is 5.85. The quantitative estimate of drug-likeness (QED) is 0.725. The third-order valence-electron chi connectivity index (χ3n) is 3.70. The van der Waals surface area contributed by atoms with Gasteiger partial charge in [-0.05, 0) is 17.7 Å². The molecule has 1 aliphatic rings. The van der Waals surface area contributed by atoms with E-state index in [9.17, 15) is 30.7 Å². The van der Waals surface area contributed by atoms with E-state index in [0.29, 0.717) is 38.3 Å². The minimum atomic E-state index is -4.88. The largest absolute Gasteiger partial charge is 0.419 e. The van der Waals surface area contributed by atoms with E-state index in [1.54, 1.807) is 0 Å². The molecule has 1 aliphatic heterocycles. The van der Waals surface area contributed by atoms with Crippen LogP contribution in [0.1, 0.15) is 23.6 Å². The zero-order valence-electron chi connectivity index (χ0n) is 12.8. The maximum absolute atomic E-state index is 13.7.